The molecule has 1 aliphatic heterocycles. The van der Waals surface area contributed by atoms with Crippen LogP contribution in [0.1, 0.15) is 91.2 Å². The third-order valence-corrected chi connectivity index (χ3v) is 6.39. The molecule has 1 saturated heterocycles. The molecule has 1 aliphatic carbocycles. The summed E-state index contributed by atoms with van der Waals surface area (Å²) in [4.78, 5) is 25.6. The maximum absolute atomic E-state index is 13.2. The van der Waals surface area contributed by atoms with E-state index in [0.717, 1.165) is 54.7 Å². The summed E-state index contributed by atoms with van der Waals surface area (Å²) < 4.78 is 6.04. The van der Waals surface area contributed by atoms with Gasteiger partial charge >= 0.3 is 0 Å². The lowest BCUT2D eigenvalue weighted by molar-refractivity contribution is 0.0842. The Morgan fingerprint density at radius 3 is 2.36 bits per heavy atom. The molecule has 0 radical (unpaired) electrons. The van der Waals surface area contributed by atoms with E-state index in [4.69, 9.17) is 4.42 Å². The molecule has 2 heterocycles. The quantitative estimate of drug-likeness (QED) is 0.611. The highest BCUT2D eigenvalue weighted by atomic mass is 16.4. The maximum Gasteiger partial charge on any atom is 0.287 e. The highest BCUT2D eigenvalue weighted by molar-refractivity contribution is 6.07. The number of piperidine rings is 1. The third-order valence-electron chi connectivity index (χ3n) is 6.39. The van der Waals surface area contributed by atoms with Crippen LogP contribution >= 0.6 is 0 Å². The molecule has 1 aromatic carbocycles. The van der Waals surface area contributed by atoms with Gasteiger partial charge in [0.2, 0.25) is 0 Å². The number of hydrogen-bond donors (Lipinski definition) is 3. The van der Waals surface area contributed by atoms with Gasteiger partial charge in [-0.15, -0.1) is 0 Å². The van der Waals surface area contributed by atoms with Crippen molar-refractivity contribution in [1.82, 2.24) is 16.1 Å². The largest absolute Gasteiger partial charge is 0.455 e. The molecule has 4 rings (SSSR count). The lowest BCUT2D eigenvalue weighted by Gasteiger charge is -2.46. The van der Waals surface area contributed by atoms with E-state index < -0.39 is 0 Å². The highest BCUT2D eigenvalue weighted by Gasteiger charge is 2.39. The molecule has 7 nitrogen and oxygen atoms in total. The molecule has 33 heavy (non-hydrogen) atoms. The Balaban J connectivity index is 1.52. The summed E-state index contributed by atoms with van der Waals surface area (Å²) in [6.07, 6.45) is 4.03. The van der Waals surface area contributed by atoms with Crippen molar-refractivity contribution in [3.63, 3.8) is 0 Å². The van der Waals surface area contributed by atoms with Gasteiger partial charge in [-0.3, -0.25) is 9.59 Å². The number of benzene rings is 1. The van der Waals surface area contributed by atoms with Crippen LogP contribution in [0.3, 0.4) is 0 Å². The van der Waals surface area contributed by atoms with Crippen LogP contribution in [0.2, 0.25) is 0 Å². The molecule has 1 aromatic heterocycles. The number of hydrogen-bond acceptors (Lipinski definition) is 5. The van der Waals surface area contributed by atoms with Gasteiger partial charge in [0.05, 0.1) is 5.71 Å². The normalized spacial score (nSPS) is 20.8. The predicted octanol–water partition coefficient (Wildman–Crippen LogP) is 4.10. The Bertz CT molecular complexity index is 1070. The van der Waals surface area contributed by atoms with E-state index in [2.05, 4.69) is 48.9 Å². The average Bonchev–Trinajstić information content (AvgIpc) is 3.07. The lowest BCUT2D eigenvalue weighted by atomic mass is 9.79. The van der Waals surface area contributed by atoms with Crippen LogP contribution in [0.15, 0.2) is 39.9 Å². The molecule has 0 saturated carbocycles. The summed E-state index contributed by atoms with van der Waals surface area (Å²) in [5.41, 5.74) is 5.47. The fourth-order valence-electron chi connectivity index (χ4n) is 5.44. The van der Waals surface area contributed by atoms with Crippen molar-refractivity contribution in [1.29, 1.82) is 0 Å². The number of carbonyl (C=O) groups excluding carboxylic acids is 2. The van der Waals surface area contributed by atoms with Crippen LogP contribution in [-0.2, 0) is 6.42 Å². The molecular formula is C26H34N4O3. The molecule has 2 aliphatic rings. The van der Waals surface area contributed by atoms with Crippen LogP contribution in [0.5, 0.6) is 0 Å². The monoisotopic (exact) mass is 450 g/mol. The topological polar surface area (TPSA) is 95.7 Å². The van der Waals surface area contributed by atoms with E-state index in [0.29, 0.717) is 11.3 Å². The Hall–Kier alpha value is -2.93. The van der Waals surface area contributed by atoms with E-state index >= 15 is 0 Å². The molecule has 176 valence electrons. The van der Waals surface area contributed by atoms with Crippen LogP contribution in [0.25, 0.3) is 0 Å². The van der Waals surface area contributed by atoms with Gasteiger partial charge in [-0.1, -0.05) is 18.2 Å². The van der Waals surface area contributed by atoms with Crippen molar-refractivity contribution in [2.75, 3.05) is 0 Å². The second-order valence-electron chi connectivity index (χ2n) is 10.5. The molecule has 2 amide bonds. The summed E-state index contributed by atoms with van der Waals surface area (Å²) in [5, 5.41) is 11.2. The fraction of sp³-hybridized carbons (Fsp3) is 0.500. The van der Waals surface area contributed by atoms with Crippen molar-refractivity contribution in [3.05, 3.63) is 58.5 Å². The van der Waals surface area contributed by atoms with Gasteiger partial charge in [0, 0.05) is 40.2 Å². The Labute approximate surface area is 195 Å². The zero-order valence-electron chi connectivity index (χ0n) is 20.2. The first-order valence-corrected chi connectivity index (χ1v) is 11.7. The average molecular weight is 451 g/mol. The van der Waals surface area contributed by atoms with E-state index in [9.17, 15) is 9.59 Å². The van der Waals surface area contributed by atoms with Crippen molar-refractivity contribution in [2.24, 2.45) is 5.10 Å². The number of nitrogens with one attached hydrogen (secondary N) is 3. The minimum absolute atomic E-state index is 0.0589. The smallest absolute Gasteiger partial charge is 0.287 e. The number of nitrogens with zero attached hydrogens (tertiary/aromatic N) is 1. The summed E-state index contributed by atoms with van der Waals surface area (Å²) in [5.74, 6) is 0.666. The van der Waals surface area contributed by atoms with Crippen LogP contribution in [-0.4, -0.2) is 34.6 Å². The zero-order valence-corrected chi connectivity index (χ0v) is 20.2. The van der Waals surface area contributed by atoms with Gasteiger partial charge in [-0.25, -0.2) is 5.43 Å². The Morgan fingerprint density at radius 2 is 1.70 bits per heavy atom. The van der Waals surface area contributed by atoms with Gasteiger partial charge in [0.25, 0.3) is 11.8 Å². The van der Waals surface area contributed by atoms with Crippen molar-refractivity contribution in [3.8, 4) is 0 Å². The van der Waals surface area contributed by atoms with Gasteiger partial charge < -0.3 is 15.1 Å². The van der Waals surface area contributed by atoms with Crippen molar-refractivity contribution >= 4 is 17.5 Å². The van der Waals surface area contributed by atoms with E-state index in [1.165, 1.54) is 0 Å². The minimum atomic E-state index is -0.259. The molecule has 0 atom stereocenters. The Kier molecular flexibility index (Phi) is 6.18. The van der Waals surface area contributed by atoms with Crippen molar-refractivity contribution in [2.45, 2.75) is 83.8 Å². The van der Waals surface area contributed by atoms with Crippen LogP contribution in [0, 0.1) is 6.92 Å². The number of amides is 2. The van der Waals surface area contributed by atoms with Crippen molar-refractivity contribution < 1.29 is 14.0 Å². The lowest BCUT2D eigenvalue weighted by Crippen LogP contribution is -2.62. The summed E-state index contributed by atoms with van der Waals surface area (Å²) in [6, 6.07) is 9.05. The molecule has 2 aromatic rings. The van der Waals surface area contributed by atoms with Crippen LogP contribution in [0.4, 0.5) is 0 Å². The van der Waals surface area contributed by atoms with Gasteiger partial charge in [-0.05, 0) is 72.4 Å². The third kappa shape index (κ3) is 5.19. The van der Waals surface area contributed by atoms with E-state index in [1.807, 2.05) is 25.1 Å². The molecule has 1 fully saturated rings. The number of fused-ring (bicyclic) bond motifs is 1. The standard InChI is InChI=1S/C26H34N4O3/c1-16-21-19(28-29-23(31)17-10-7-6-8-11-17)12-9-13-20(21)33-22(16)24(32)27-18-14-25(2,3)30-26(4,5)15-18/h6-8,10-11,18,30H,9,12-15H2,1-5H3,(H,27,32)(H,29,31)/b28-19+. The number of carbonyl (C=O) groups is 2. The van der Waals surface area contributed by atoms with Crippen LogP contribution < -0.4 is 16.1 Å². The number of hydrazone groups is 1. The summed E-state index contributed by atoms with van der Waals surface area (Å²) in [6.45, 7) is 10.5. The molecule has 3 N–H and O–H groups in total. The second-order valence-corrected chi connectivity index (χ2v) is 10.5. The number of aryl methyl sites for hydroxylation is 1. The number of rotatable bonds is 4. The SMILES string of the molecule is Cc1c(C(=O)NC2CC(C)(C)NC(C)(C)C2)oc2c1/C(=N/NC(=O)c1ccccc1)CCC2. The minimum Gasteiger partial charge on any atom is -0.455 e. The molecule has 7 heteroatoms. The van der Waals surface area contributed by atoms with E-state index in [-0.39, 0.29) is 28.9 Å². The fourth-order valence-corrected chi connectivity index (χ4v) is 5.44. The first-order chi connectivity index (χ1) is 15.5. The predicted molar refractivity (Wildman–Crippen MR) is 129 cm³/mol. The number of furan rings is 1. The molecule has 0 bridgehead atoms. The Morgan fingerprint density at radius 1 is 1.03 bits per heavy atom. The summed E-state index contributed by atoms with van der Waals surface area (Å²) in [7, 11) is 0. The second kappa shape index (κ2) is 8.78. The molecule has 0 spiro atoms. The van der Waals surface area contributed by atoms with Gasteiger partial charge in [0.1, 0.15) is 5.76 Å². The molecule has 0 unspecified atom stereocenters. The van der Waals surface area contributed by atoms with Gasteiger partial charge in [-0.2, -0.15) is 5.10 Å². The van der Waals surface area contributed by atoms with Gasteiger partial charge in [0.15, 0.2) is 5.76 Å². The molecular weight excluding hydrogens is 416 g/mol. The first-order valence-electron chi connectivity index (χ1n) is 11.7. The first kappa shape index (κ1) is 23.2. The highest BCUT2D eigenvalue weighted by Crippen LogP contribution is 2.32. The zero-order chi connectivity index (χ0) is 23.8. The maximum atomic E-state index is 13.2. The summed E-state index contributed by atoms with van der Waals surface area (Å²) >= 11 is 0. The van der Waals surface area contributed by atoms with E-state index in [1.54, 1.807) is 12.1 Å².